The molecule has 1 aliphatic carbocycles. The van der Waals surface area contributed by atoms with E-state index in [0.29, 0.717) is 5.78 Å². The Morgan fingerprint density at radius 2 is 1.62 bits per heavy atom. The van der Waals surface area contributed by atoms with Gasteiger partial charge in [-0.3, -0.25) is 4.79 Å². The molecule has 0 bridgehead atoms. The number of rotatable bonds is 0. The van der Waals surface area contributed by atoms with Crippen LogP contribution in [-0.2, 0) is 4.79 Å². The Kier molecular flexibility index (Phi) is 6.87. The quantitative estimate of drug-likeness (QED) is 0.546. The van der Waals surface area contributed by atoms with Crippen molar-refractivity contribution >= 4 is 5.78 Å². The number of carbonyl (C=O) groups excluding carboxylic acids is 1. The van der Waals surface area contributed by atoms with E-state index >= 15 is 0 Å². The maximum absolute atomic E-state index is 11.6. The molecular formula is C15H24O. The first-order chi connectivity index (χ1) is 7.79. The molecule has 0 aliphatic heterocycles. The van der Waals surface area contributed by atoms with Crippen molar-refractivity contribution in [3.63, 3.8) is 0 Å². The minimum absolute atomic E-state index is 0.308. The smallest absolute Gasteiger partial charge is 0.155 e. The van der Waals surface area contributed by atoms with Gasteiger partial charge in [0.1, 0.15) is 0 Å². The van der Waals surface area contributed by atoms with Gasteiger partial charge in [-0.1, -0.05) is 43.4 Å². The molecule has 0 aromatic carbocycles. The van der Waals surface area contributed by atoms with Gasteiger partial charge in [0.05, 0.1) is 0 Å². The highest BCUT2D eigenvalue weighted by Crippen LogP contribution is 2.12. The number of allylic oxidation sites excluding steroid dienone is 4. The van der Waals surface area contributed by atoms with E-state index in [9.17, 15) is 4.79 Å². The Labute approximate surface area is 99.6 Å². The molecule has 0 saturated heterocycles. The fourth-order valence-corrected chi connectivity index (χ4v) is 2.06. The van der Waals surface area contributed by atoms with Gasteiger partial charge in [-0.05, 0) is 38.7 Å². The van der Waals surface area contributed by atoms with E-state index in [0.717, 1.165) is 19.3 Å². The summed E-state index contributed by atoms with van der Waals surface area (Å²) in [6.07, 6.45) is 16.7. The zero-order valence-corrected chi connectivity index (χ0v) is 10.5. The summed E-state index contributed by atoms with van der Waals surface area (Å²) in [6, 6.07) is 0. The number of hydrogen-bond donors (Lipinski definition) is 0. The Balaban J connectivity index is 2.44. The number of ketones is 1. The Hall–Kier alpha value is -0.850. The molecule has 1 aliphatic rings. The van der Waals surface area contributed by atoms with Crippen LogP contribution in [0.15, 0.2) is 23.8 Å². The van der Waals surface area contributed by atoms with Crippen molar-refractivity contribution in [2.45, 2.75) is 64.7 Å². The molecule has 0 unspecified atom stereocenters. The normalized spacial score (nSPS) is 26.6. The molecule has 0 fully saturated rings. The summed E-state index contributed by atoms with van der Waals surface area (Å²) in [6.45, 7) is 2.05. The van der Waals surface area contributed by atoms with E-state index < -0.39 is 0 Å². The van der Waals surface area contributed by atoms with Crippen LogP contribution in [0.25, 0.3) is 0 Å². The van der Waals surface area contributed by atoms with E-state index in [1.807, 2.05) is 13.0 Å². The van der Waals surface area contributed by atoms with Crippen LogP contribution in [0.1, 0.15) is 64.7 Å². The lowest BCUT2D eigenvalue weighted by Crippen LogP contribution is -1.94. The molecule has 0 radical (unpaired) electrons. The highest BCUT2D eigenvalue weighted by atomic mass is 16.1. The van der Waals surface area contributed by atoms with Crippen LogP contribution in [0.5, 0.6) is 0 Å². The second-order valence-electron chi connectivity index (χ2n) is 4.79. The third-order valence-corrected chi connectivity index (χ3v) is 3.06. The first-order valence-electron chi connectivity index (χ1n) is 6.64. The molecule has 0 amide bonds. The molecule has 0 N–H and O–H groups in total. The van der Waals surface area contributed by atoms with Crippen LogP contribution < -0.4 is 0 Å². The van der Waals surface area contributed by atoms with E-state index in [-0.39, 0.29) is 0 Å². The Morgan fingerprint density at radius 3 is 2.44 bits per heavy atom. The topological polar surface area (TPSA) is 17.1 Å². The molecule has 16 heavy (non-hydrogen) atoms. The second-order valence-corrected chi connectivity index (χ2v) is 4.79. The summed E-state index contributed by atoms with van der Waals surface area (Å²) >= 11 is 0. The van der Waals surface area contributed by atoms with E-state index in [1.165, 1.54) is 44.1 Å². The standard InChI is InChI=1S/C15H24O/c1-14-11-9-7-5-3-2-4-6-8-10-12-15(16)13-14/h7,9,13H,2-6,8,10-12H2,1H3/b9-7+,14-13-. The third kappa shape index (κ3) is 6.60. The SMILES string of the molecule is C/C1=C/C(=O)CCCCCCCC/C=C/C1. The molecule has 0 heterocycles. The summed E-state index contributed by atoms with van der Waals surface area (Å²) in [5, 5.41) is 0. The van der Waals surface area contributed by atoms with Gasteiger partial charge < -0.3 is 0 Å². The summed E-state index contributed by atoms with van der Waals surface area (Å²) in [7, 11) is 0. The average molecular weight is 220 g/mol. The highest BCUT2D eigenvalue weighted by Gasteiger charge is 1.99. The summed E-state index contributed by atoms with van der Waals surface area (Å²) in [5.41, 5.74) is 1.19. The van der Waals surface area contributed by atoms with Crippen LogP contribution in [0.3, 0.4) is 0 Å². The van der Waals surface area contributed by atoms with Gasteiger partial charge in [-0.2, -0.15) is 0 Å². The van der Waals surface area contributed by atoms with Crippen molar-refractivity contribution in [2.75, 3.05) is 0 Å². The first-order valence-corrected chi connectivity index (χ1v) is 6.64. The lowest BCUT2D eigenvalue weighted by molar-refractivity contribution is -0.114. The minimum Gasteiger partial charge on any atom is -0.295 e. The van der Waals surface area contributed by atoms with E-state index in [1.54, 1.807) is 0 Å². The van der Waals surface area contributed by atoms with Crippen LogP contribution in [0, 0.1) is 0 Å². The molecule has 1 nitrogen and oxygen atoms in total. The van der Waals surface area contributed by atoms with Gasteiger partial charge in [-0.25, -0.2) is 0 Å². The summed E-state index contributed by atoms with van der Waals surface area (Å²) in [4.78, 5) is 11.6. The predicted octanol–water partition coefficient (Wildman–Crippen LogP) is 4.58. The fraction of sp³-hybridized carbons (Fsp3) is 0.667. The largest absolute Gasteiger partial charge is 0.295 e. The second kappa shape index (κ2) is 8.32. The number of hydrogen-bond acceptors (Lipinski definition) is 1. The highest BCUT2D eigenvalue weighted by molar-refractivity contribution is 5.90. The molecule has 0 spiro atoms. The van der Waals surface area contributed by atoms with Crippen molar-refractivity contribution in [3.05, 3.63) is 23.8 Å². The molecule has 0 saturated carbocycles. The third-order valence-electron chi connectivity index (χ3n) is 3.06. The van der Waals surface area contributed by atoms with Crippen LogP contribution >= 0.6 is 0 Å². The van der Waals surface area contributed by atoms with Crippen LogP contribution in [0.4, 0.5) is 0 Å². The van der Waals surface area contributed by atoms with Gasteiger partial charge in [0.2, 0.25) is 0 Å². The Morgan fingerprint density at radius 1 is 0.938 bits per heavy atom. The summed E-state index contributed by atoms with van der Waals surface area (Å²) < 4.78 is 0. The zero-order chi connectivity index (χ0) is 11.6. The molecule has 0 aromatic heterocycles. The van der Waals surface area contributed by atoms with Crippen molar-refractivity contribution in [2.24, 2.45) is 0 Å². The predicted molar refractivity (Wildman–Crippen MR) is 69.5 cm³/mol. The van der Waals surface area contributed by atoms with Crippen molar-refractivity contribution in [1.29, 1.82) is 0 Å². The maximum Gasteiger partial charge on any atom is 0.155 e. The number of carbonyl (C=O) groups is 1. The van der Waals surface area contributed by atoms with Crippen molar-refractivity contribution in [1.82, 2.24) is 0 Å². The molecule has 1 heteroatoms. The van der Waals surface area contributed by atoms with Crippen molar-refractivity contribution in [3.8, 4) is 0 Å². The fourth-order valence-electron chi connectivity index (χ4n) is 2.06. The Bertz CT molecular complexity index is 261. The van der Waals surface area contributed by atoms with Gasteiger partial charge in [0.15, 0.2) is 5.78 Å². The lowest BCUT2D eigenvalue weighted by Gasteiger charge is -2.02. The molecule has 0 aromatic rings. The minimum atomic E-state index is 0.308. The van der Waals surface area contributed by atoms with Gasteiger partial charge >= 0.3 is 0 Å². The zero-order valence-electron chi connectivity index (χ0n) is 10.5. The van der Waals surface area contributed by atoms with Crippen LogP contribution in [-0.4, -0.2) is 5.78 Å². The van der Waals surface area contributed by atoms with Crippen molar-refractivity contribution < 1.29 is 4.79 Å². The molecular weight excluding hydrogens is 196 g/mol. The van der Waals surface area contributed by atoms with E-state index in [2.05, 4.69) is 12.2 Å². The van der Waals surface area contributed by atoms with Crippen LogP contribution in [0.2, 0.25) is 0 Å². The lowest BCUT2D eigenvalue weighted by atomic mass is 10.0. The average Bonchev–Trinajstić information content (AvgIpc) is 2.25. The van der Waals surface area contributed by atoms with Gasteiger partial charge in [0, 0.05) is 6.42 Å². The molecule has 1 rings (SSSR count). The summed E-state index contributed by atoms with van der Waals surface area (Å²) in [5.74, 6) is 0.308. The van der Waals surface area contributed by atoms with E-state index in [4.69, 9.17) is 0 Å². The van der Waals surface area contributed by atoms with Gasteiger partial charge in [-0.15, -0.1) is 0 Å². The van der Waals surface area contributed by atoms with Gasteiger partial charge in [0.25, 0.3) is 0 Å². The monoisotopic (exact) mass is 220 g/mol. The molecule has 90 valence electrons. The first kappa shape index (κ1) is 13.2. The maximum atomic E-state index is 11.6. The molecule has 0 atom stereocenters.